The van der Waals surface area contributed by atoms with Gasteiger partial charge in [0.15, 0.2) is 0 Å². The van der Waals surface area contributed by atoms with Gasteiger partial charge in [-0.3, -0.25) is 0 Å². The first-order valence-corrected chi connectivity index (χ1v) is 5.98. The van der Waals surface area contributed by atoms with Gasteiger partial charge in [0.25, 0.3) is 0 Å². The molecule has 1 fully saturated rings. The first-order valence-electron chi connectivity index (χ1n) is 5.98. The highest BCUT2D eigenvalue weighted by Gasteiger charge is 2.24. The minimum absolute atomic E-state index is 0.268. The summed E-state index contributed by atoms with van der Waals surface area (Å²) in [5, 5.41) is 3.41. The summed E-state index contributed by atoms with van der Waals surface area (Å²) < 4.78 is 5.51. The van der Waals surface area contributed by atoms with Crippen LogP contribution in [-0.4, -0.2) is 28.7 Å². The molecule has 0 radical (unpaired) electrons. The zero-order valence-electron chi connectivity index (χ0n) is 9.94. The number of ether oxygens (including phenoxy) is 1. The molecule has 4 nitrogen and oxygen atoms in total. The summed E-state index contributed by atoms with van der Waals surface area (Å²) in [6.07, 6.45) is 5.07. The summed E-state index contributed by atoms with van der Waals surface area (Å²) in [4.78, 5) is 8.48. The lowest BCUT2D eigenvalue weighted by molar-refractivity contribution is 0.121. The maximum absolute atomic E-state index is 5.51. The highest BCUT2D eigenvalue weighted by molar-refractivity contribution is 5.36. The Hall–Kier alpha value is -1.16. The summed E-state index contributed by atoms with van der Waals surface area (Å²) in [5.74, 6) is 0.917. The summed E-state index contributed by atoms with van der Waals surface area (Å²) in [7, 11) is 0. The van der Waals surface area contributed by atoms with Crippen LogP contribution in [0.25, 0.3) is 0 Å². The lowest BCUT2D eigenvalue weighted by Crippen LogP contribution is -2.27. The number of aromatic nitrogens is 2. The van der Waals surface area contributed by atoms with Crippen LogP contribution < -0.4 is 5.32 Å². The fraction of sp³-hybridized carbons (Fsp3) is 0.667. The van der Waals surface area contributed by atoms with Crippen LogP contribution in [0, 0.1) is 0 Å². The van der Waals surface area contributed by atoms with Crippen molar-refractivity contribution in [2.75, 3.05) is 11.9 Å². The third-order valence-corrected chi connectivity index (χ3v) is 2.94. The average molecular weight is 221 g/mol. The van der Waals surface area contributed by atoms with Crippen LogP contribution in [0.15, 0.2) is 12.4 Å². The smallest absolute Gasteiger partial charge is 0.129 e. The van der Waals surface area contributed by atoms with Crippen molar-refractivity contribution in [1.29, 1.82) is 0 Å². The summed E-state index contributed by atoms with van der Waals surface area (Å²) in [6, 6.07) is 2.42. The molecule has 2 rings (SSSR count). The van der Waals surface area contributed by atoms with Crippen molar-refractivity contribution in [3.8, 4) is 0 Å². The first kappa shape index (κ1) is 11.3. The van der Waals surface area contributed by atoms with Gasteiger partial charge in [0, 0.05) is 18.4 Å². The lowest BCUT2D eigenvalue weighted by atomic mass is 10.1. The fourth-order valence-corrected chi connectivity index (χ4v) is 1.98. The van der Waals surface area contributed by atoms with E-state index in [2.05, 4.69) is 29.1 Å². The number of rotatable bonds is 4. The van der Waals surface area contributed by atoms with Gasteiger partial charge in [-0.2, -0.15) is 0 Å². The molecular formula is C12H19N3O. The third-order valence-electron chi connectivity index (χ3n) is 2.94. The number of aryl methyl sites for hydroxylation is 1. The van der Waals surface area contributed by atoms with Crippen molar-refractivity contribution in [2.45, 2.75) is 45.3 Å². The van der Waals surface area contributed by atoms with Crippen molar-refractivity contribution >= 4 is 5.82 Å². The zero-order chi connectivity index (χ0) is 11.4. The van der Waals surface area contributed by atoms with Crippen LogP contribution in [0.2, 0.25) is 0 Å². The van der Waals surface area contributed by atoms with E-state index in [1.165, 1.54) is 0 Å². The quantitative estimate of drug-likeness (QED) is 0.845. The number of hydrogen-bond donors (Lipinski definition) is 1. The minimum atomic E-state index is 0.268. The summed E-state index contributed by atoms with van der Waals surface area (Å²) in [6.45, 7) is 5.09. The molecule has 0 aromatic carbocycles. The lowest BCUT2D eigenvalue weighted by Gasteiger charge is -2.16. The van der Waals surface area contributed by atoms with Gasteiger partial charge in [0.05, 0.1) is 12.1 Å². The molecule has 4 heteroatoms. The van der Waals surface area contributed by atoms with Crippen molar-refractivity contribution in [3.63, 3.8) is 0 Å². The zero-order valence-corrected chi connectivity index (χ0v) is 9.94. The van der Waals surface area contributed by atoms with Crippen LogP contribution in [0.3, 0.4) is 0 Å². The maximum atomic E-state index is 5.51. The normalized spacial score (nSPS) is 24.6. The van der Waals surface area contributed by atoms with Gasteiger partial charge >= 0.3 is 0 Å². The predicted octanol–water partition coefficient (Wildman–Crippen LogP) is 2.02. The fourth-order valence-electron chi connectivity index (χ4n) is 1.98. The van der Waals surface area contributed by atoms with Gasteiger partial charge in [-0.1, -0.05) is 13.3 Å². The molecule has 0 bridgehead atoms. The highest BCUT2D eigenvalue weighted by Crippen LogP contribution is 2.17. The van der Waals surface area contributed by atoms with Crippen LogP contribution >= 0.6 is 0 Å². The van der Waals surface area contributed by atoms with E-state index in [0.29, 0.717) is 6.04 Å². The second kappa shape index (κ2) is 5.25. The number of nitrogens with zero attached hydrogens (tertiary/aromatic N) is 2. The Balaban J connectivity index is 2.00. The van der Waals surface area contributed by atoms with E-state index in [9.17, 15) is 0 Å². The number of anilines is 1. The summed E-state index contributed by atoms with van der Waals surface area (Å²) in [5.41, 5.74) is 1.10. The van der Waals surface area contributed by atoms with Gasteiger partial charge < -0.3 is 10.1 Å². The molecule has 0 spiro atoms. The molecule has 2 atom stereocenters. The second-order valence-electron chi connectivity index (χ2n) is 4.26. The third kappa shape index (κ3) is 2.70. The molecule has 1 aromatic heterocycles. The van der Waals surface area contributed by atoms with E-state index < -0.39 is 0 Å². The minimum Gasteiger partial charge on any atom is -0.376 e. The molecule has 0 aliphatic carbocycles. The van der Waals surface area contributed by atoms with E-state index >= 15 is 0 Å². The molecule has 1 aromatic rings. The molecule has 1 N–H and O–H groups in total. The van der Waals surface area contributed by atoms with E-state index in [0.717, 1.165) is 37.4 Å². The highest BCUT2D eigenvalue weighted by atomic mass is 16.5. The second-order valence-corrected chi connectivity index (χ2v) is 4.26. The van der Waals surface area contributed by atoms with Gasteiger partial charge in [0.2, 0.25) is 0 Å². The van der Waals surface area contributed by atoms with Crippen molar-refractivity contribution in [2.24, 2.45) is 0 Å². The molecule has 2 unspecified atom stereocenters. The summed E-state index contributed by atoms with van der Waals surface area (Å²) >= 11 is 0. The Morgan fingerprint density at radius 2 is 2.38 bits per heavy atom. The van der Waals surface area contributed by atoms with Gasteiger partial charge in [-0.15, -0.1) is 0 Å². The van der Waals surface area contributed by atoms with Gasteiger partial charge in [-0.05, 0) is 19.8 Å². The first-order chi connectivity index (χ1) is 7.79. The van der Waals surface area contributed by atoms with E-state index in [1.54, 1.807) is 6.33 Å². The molecule has 0 amide bonds. The molecule has 1 saturated heterocycles. The maximum Gasteiger partial charge on any atom is 0.129 e. The molecule has 0 saturated carbocycles. The van der Waals surface area contributed by atoms with Crippen molar-refractivity contribution in [3.05, 3.63) is 18.1 Å². The van der Waals surface area contributed by atoms with E-state index in [-0.39, 0.29) is 6.10 Å². The Kier molecular flexibility index (Phi) is 3.72. The molecule has 16 heavy (non-hydrogen) atoms. The molecular weight excluding hydrogens is 202 g/mol. The monoisotopic (exact) mass is 221 g/mol. The number of hydrogen-bond acceptors (Lipinski definition) is 4. The molecule has 88 valence electrons. The van der Waals surface area contributed by atoms with Gasteiger partial charge in [0.1, 0.15) is 12.1 Å². The Labute approximate surface area is 96.4 Å². The van der Waals surface area contributed by atoms with Crippen molar-refractivity contribution in [1.82, 2.24) is 9.97 Å². The van der Waals surface area contributed by atoms with Crippen LogP contribution in [0.5, 0.6) is 0 Å². The standard InChI is InChI=1S/C12H19N3O/c1-3-4-10-7-12(14-8-13-10)15-11-5-6-16-9(11)2/h7-9,11H,3-6H2,1-2H3,(H,13,14,15). The molecule has 1 aliphatic heterocycles. The predicted molar refractivity (Wildman–Crippen MR) is 63.5 cm³/mol. The Morgan fingerprint density at radius 3 is 3.06 bits per heavy atom. The van der Waals surface area contributed by atoms with Crippen LogP contribution in [0.4, 0.5) is 5.82 Å². The Bertz CT molecular complexity index is 343. The molecule has 2 heterocycles. The molecule has 1 aliphatic rings. The van der Waals surface area contributed by atoms with Crippen molar-refractivity contribution < 1.29 is 4.74 Å². The topological polar surface area (TPSA) is 47.0 Å². The van der Waals surface area contributed by atoms with Gasteiger partial charge in [-0.25, -0.2) is 9.97 Å². The van der Waals surface area contributed by atoms with Crippen LogP contribution in [0.1, 0.15) is 32.4 Å². The number of nitrogens with one attached hydrogen (secondary N) is 1. The average Bonchev–Trinajstić information content (AvgIpc) is 2.66. The SMILES string of the molecule is CCCc1cc(NC2CCOC2C)ncn1. The van der Waals surface area contributed by atoms with E-state index in [4.69, 9.17) is 4.74 Å². The van der Waals surface area contributed by atoms with Crippen LogP contribution in [-0.2, 0) is 11.2 Å². The van der Waals surface area contributed by atoms with E-state index in [1.807, 2.05) is 6.07 Å². The Morgan fingerprint density at radius 1 is 1.50 bits per heavy atom. The largest absolute Gasteiger partial charge is 0.376 e.